The highest BCUT2D eigenvalue weighted by atomic mass is 16.5. The molecule has 2 heterocycles. The Kier molecular flexibility index (Phi) is 5.85. The van der Waals surface area contributed by atoms with Crippen LogP contribution < -0.4 is 5.32 Å². The van der Waals surface area contributed by atoms with Crippen molar-refractivity contribution in [1.82, 2.24) is 10.2 Å². The summed E-state index contributed by atoms with van der Waals surface area (Å²) in [4.78, 5) is 2.40. The SMILES string of the molecule is CCNC1CCOCC1CN1CCOC(CO)C1. The molecule has 5 heteroatoms. The van der Waals surface area contributed by atoms with Crippen LogP contribution in [0.15, 0.2) is 0 Å². The zero-order valence-electron chi connectivity index (χ0n) is 11.3. The van der Waals surface area contributed by atoms with Crippen LogP contribution in [0.5, 0.6) is 0 Å². The summed E-state index contributed by atoms with van der Waals surface area (Å²) in [6.07, 6.45) is 1.09. The van der Waals surface area contributed by atoms with Crippen LogP contribution in [0.25, 0.3) is 0 Å². The number of aliphatic hydroxyl groups is 1. The molecule has 5 nitrogen and oxygen atoms in total. The molecule has 2 fully saturated rings. The average Bonchev–Trinajstić information content (AvgIpc) is 2.41. The maximum Gasteiger partial charge on any atom is 0.0932 e. The average molecular weight is 258 g/mol. The van der Waals surface area contributed by atoms with Gasteiger partial charge in [-0.05, 0) is 13.0 Å². The van der Waals surface area contributed by atoms with E-state index in [0.29, 0.717) is 12.0 Å². The first kappa shape index (κ1) is 14.2. The fraction of sp³-hybridized carbons (Fsp3) is 1.00. The minimum atomic E-state index is -0.0131. The molecule has 0 aromatic carbocycles. The number of hydrogen-bond donors (Lipinski definition) is 2. The lowest BCUT2D eigenvalue weighted by Crippen LogP contribution is -2.51. The lowest BCUT2D eigenvalue weighted by Gasteiger charge is -2.38. The van der Waals surface area contributed by atoms with Gasteiger partial charge >= 0.3 is 0 Å². The molecule has 0 aromatic rings. The summed E-state index contributed by atoms with van der Waals surface area (Å²) in [5.74, 6) is 0.552. The third-order valence-corrected chi connectivity index (χ3v) is 3.86. The third kappa shape index (κ3) is 3.90. The number of aliphatic hydroxyl groups excluding tert-OH is 1. The lowest BCUT2D eigenvalue weighted by molar-refractivity contribution is -0.0656. The molecule has 0 amide bonds. The molecule has 0 spiro atoms. The Labute approximate surface area is 109 Å². The smallest absolute Gasteiger partial charge is 0.0932 e. The Hall–Kier alpha value is -0.200. The van der Waals surface area contributed by atoms with Gasteiger partial charge in [0.25, 0.3) is 0 Å². The highest BCUT2D eigenvalue weighted by molar-refractivity contribution is 4.83. The summed E-state index contributed by atoms with van der Waals surface area (Å²) >= 11 is 0. The van der Waals surface area contributed by atoms with Gasteiger partial charge in [-0.3, -0.25) is 4.90 Å². The molecule has 2 aliphatic heterocycles. The van der Waals surface area contributed by atoms with Crippen LogP contribution in [0.2, 0.25) is 0 Å². The van der Waals surface area contributed by atoms with Crippen molar-refractivity contribution in [3.05, 3.63) is 0 Å². The number of nitrogens with one attached hydrogen (secondary N) is 1. The van der Waals surface area contributed by atoms with Gasteiger partial charge in [-0.2, -0.15) is 0 Å². The highest BCUT2D eigenvalue weighted by Crippen LogP contribution is 2.17. The van der Waals surface area contributed by atoms with E-state index in [1.807, 2.05) is 0 Å². The molecule has 2 saturated heterocycles. The van der Waals surface area contributed by atoms with Gasteiger partial charge in [-0.25, -0.2) is 0 Å². The monoisotopic (exact) mass is 258 g/mol. The van der Waals surface area contributed by atoms with Crippen molar-refractivity contribution >= 4 is 0 Å². The van der Waals surface area contributed by atoms with E-state index in [2.05, 4.69) is 17.1 Å². The van der Waals surface area contributed by atoms with E-state index in [1.54, 1.807) is 0 Å². The molecular weight excluding hydrogens is 232 g/mol. The minimum Gasteiger partial charge on any atom is -0.394 e. The molecule has 0 aromatic heterocycles. The van der Waals surface area contributed by atoms with Crippen molar-refractivity contribution in [1.29, 1.82) is 0 Å². The van der Waals surface area contributed by atoms with E-state index in [-0.39, 0.29) is 12.7 Å². The Morgan fingerprint density at radius 2 is 2.28 bits per heavy atom. The van der Waals surface area contributed by atoms with Crippen LogP contribution in [0.3, 0.4) is 0 Å². The lowest BCUT2D eigenvalue weighted by atomic mass is 9.94. The standard InChI is InChI=1S/C13H26N2O3/c1-2-14-13-3-5-17-10-11(13)7-15-4-6-18-12(8-15)9-16/h11-14,16H,2-10H2,1H3. The van der Waals surface area contributed by atoms with E-state index in [9.17, 15) is 0 Å². The van der Waals surface area contributed by atoms with Gasteiger partial charge in [0.2, 0.25) is 0 Å². The molecular formula is C13H26N2O3. The Balaban J connectivity index is 1.82. The summed E-state index contributed by atoms with van der Waals surface area (Å²) in [5, 5.41) is 12.7. The summed E-state index contributed by atoms with van der Waals surface area (Å²) in [5.41, 5.74) is 0. The Morgan fingerprint density at radius 3 is 3.06 bits per heavy atom. The molecule has 3 unspecified atom stereocenters. The van der Waals surface area contributed by atoms with E-state index < -0.39 is 0 Å². The molecule has 2 N–H and O–H groups in total. The molecule has 2 rings (SSSR count). The molecule has 18 heavy (non-hydrogen) atoms. The molecule has 0 radical (unpaired) electrons. The number of ether oxygens (including phenoxy) is 2. The molecule has 3 atom stereocenters. The van der Waals surface area contributed by atoms with Crippen molar-refractivity contribution in [2.24, 2.45) is 5.92 Å². The quantitative estimate of drug-likeness (QED) is 0.709. The maximum absolute atomic E-state index is 9.16. The Bertz CT molecular complexity index is 238. The van der Waals surface area contributed by atoms with Gasteiger partial charge in [0.05, 0.1) is 25.9 Å². The molecule has 2 aliphatic rings. The zero-order valence-corrected chi connectivity index (χ0v) is 11.3. The predicted octanol–water partition coefficient (Wildman–Crippen LogP) is -0.306. The van der Waals surface area contributed by atoms with E-state index in [4.69, 9.17) is 14.6 Å². The van der Waals surface area contributed by atoms with E-state index >= 15 is 0 Å². The van der Waals surface area contributed by atoms with Crippen LogP contribution in [-0.2, 0) is 9.47 Å². The topological polar surface area (TPSA) is 54.0 Å². The fourth-order valence-electron chi connectivity index (χ4n) is 2.90. The number of morpholine rings is 1. The van der Waals surface area contributed by atoms with Crippen LogP contribution in [0.1, 0.15) is 13.3 Å². The van der Waals surface area contributed by atoms with Crippen LogP contribution in [0.4, 0.5) is 0 Å². The number of rotatable bonds is 5. The van der Waals surface area contributed by atoms with Gasteiger partial charge in [0.15, 0.2) is 0 Å². The summed E-state index contributed by atoms with van der Waals surface area (Å²) in [7, 11) is 0. The van der Waals surface area contributed by atoms with E-state index in [0.717, 1.165) is 52.4 Å². The third-order valence-electron chi connectivity index (χ3n) is 3.86. The van der Waals surface area contributed by atoms with Gasteiger partial charge in [-0.15, -0.1) is 0 Å². The second-order valence-corrected chi connectivity index (χ2v) is 5.22. The Morgan fingerprint density at radius 1 is 1.39 bits per heavy atom. The fourth-order valence-corrected chi connectivity index (χ4v) is 2.90. The maximum atomic E-state index is 9.16. The van der Waals surface area contributed by atoms with Crippen molar-refractivity contribution in [2.75, 3.05) is 52.6 Å². The second-order valence-electron chi connectivity index (χ2n) is 5.22. The summed E-state index contributed by atoms with van der Waals surface area (Å²) in [6.45, 7) is 8.58. The molecule has 106 valence electrons. The van der Waals surface area contributed by atoms with Gasteiger partial charge in [0, 0.05) is 38.2 Å². The molecule has 0 bridgehead atoms. The second kappa shape index (κ2) is 7.40. The van der Waals surface area contributed by atoms with Gasteiger partial charge in [-0.1, -0.05) is 6.92 Å². The first-order valence-electron chi connectivity index (χ1n) is 7.09. The van der Waals surface area contributed by atoms with Crippen molar-refractivity contribution < 1.29 is 14.6 Å². The van der Waals surface area contributed by atoms with Crippen molar-refractivity contribution in [3.63, 3.8) is 0 Å². The van der Waals surface area contributed by atoms with Gasteiger partial charge < -0.3 is 19.9 Å². The normalized spacial score (nSPS) is 34.7. The van der Waals surface area contributed by atoms with Crippen molar-refractivity contribution in [3.8, 4) is 0 Å². The molecule has 0 aliphatic carbocycles. The number of nitrogens with zero attached hydrogens (tertiary/aromatic N) is 1. The predicted molar refractivity (Wildman–Crippen MR) is 69.7 cm³/mol. The van der Waals surface area contributed by atoms with E-state index in [1.165, 1.54) is 0 Å². The summed E-state index contributed by atoms with van der Waals surface area (Å²) < 4.78 is 11.1. The van der Waals surface area contributed by atoms with Crippen LogP contribution >= 0.6 is 0 Å². The summed E-state index contributed by atoms with van der Waals surface area (Å²) in [6, 6.07) is 0.569. The van der Waals surface area contributed by atoms with Crippen molar-refractivity contribution in [2.45, 2.75) is 25.5 Å². The number of hydrogen-bond acceptors (Lipinski definition) is 5. The van der Waals surface area contributed by atoms with Crippen LogP contribution in [0, 0.1) is 5.92 Å². The highest BCUT2D eigenvalue weighted by Gasteiger charge is 2.29. The zero-order chi connectivity index (χ0) is 12.8. The molecule has 0 saturated carbocycles. The van der Waals surface area contributed by atoms with Crippen LogP contribution in [-0.4, -0.2) is 74.8 Å². The van der Waals surface area contributed by atoms with Gasteiger partial charge in [0.1, 0.15) is 0 Å². The minimum absolute atomic E-state index is 0.0131. The first-order chi connectivity index (χ1) is 8.83. The first-order valence-corrected chi connectivity index (χ1v) is 7.09. The largest absolute Gasteiger partial charge is 0.394 e.